The number of hydrogen-bond donors (Lipinski definition) is 0. The summed E-state index contributed by atoms with van der Waals surface area (Å²) in [5.41, 5.74) is 3.54. The first-order chi connectivity index (χ1) is 16.5. The molecule has 1 aliphatic rings. The molecule has 0 bridgehead atoms. The Bertz CT molecular complexity index is 1250. The zero-order valence-corrected chi connectivity index (χ0v) is 20.2. The van der Waals surface area contributed by atoms with Crippen molar-refractivity contribution >= 4 is 40.1 Å². The first kappa shape index (κ1) is 23.1. The summed E-state index contributed by atoms with van der Waals surface area (Å²) in [6, 6.07) is 22.4. The molecule has 3 unspecified atom stereocenters. The third-order valence-corrected chi connectivity index (χ3v) is 6.82. The van der Waals surface area contributed by atoms with Crippen LogP contribution >= 0.6 is 23.2 Å². The van der Waals surface area contributed by atoms with E-state index >= 15 is 0 Å². The highest BCUT2D eigenvalue weighted by molar-refractivity contribution is 6.30. The summed E-state index contributed by atoms with van der Waals surface area (Å²) in [6.07, 6.45) is 0.865. The second kappa shape index (κ2) is 9.88. The number of ketones is 1. The van der Waals surface area contributed by atoms with Gasteiger partial charge in [-0.15, -0.1) is 0 Å². The molecule has 174 valence electrons. The highest BCUT2D eigenvalue weighted by Gasteiger charge is 2.42. The lowest BCUT2D eigenvalue weighted by Gasteiger charge is -2.44. The van der Waals surface area contributed by atoms with E-state index in [1.807, 2.05) is 84.8 Å². The molecule has 34 heavy (non-hydrogen) atoms. The number of rotatable bonds is 6. The Morgan fingerprint density at radius 2 is 1.62 bits per heavy atom. The van der Waals surface area contributed by atoms with E-state index in [9.17, 15) is 4.79 Å². The number of hydroxylamine groups is 2. The first-order valence-corrected chi connectivity index (χ1v) is 12.0. The lowest BCUT2D eigenvalue weighted by atomic mass is 9.81. The largest absolute Gasteiger partial charge is 0.441 e. The summed E-state index contributed by atoms with van der Waals surface area (Å²) in [4.78, 5) is 24.0. The molecule has 2 heterocycles. The highest BCUT2D eigenvalue weighted by atomic mass is 35.5. The molecule has 3 aromatic carbocycles. The van der Waals surface area contributed by atoms with E-state index in [2.05, 4.69) is 4.98 Å². The van der Waals surface area contributed by atoms with Gasteiger partial charge in [0.25, 0.3) is 0 Å². The van der Waals surface area contributed by atoms with Crippen molar-refractivity contribution in [1.82, 2.24) is 10.0 Å². The third-order valence-electron chi connectivity index (χ3n) is 6.32. The summed E-state index contributed by atoms with van der Waals surface area (Å²) >= 11 is 12.3. The van der Waals surface area contributed by atoms with E-state index in [4.69, 9.17) is 32.5 Å². The number of aromatic nitrogens is 1. The Morgan fingerprint density at radius 1 is 0.971 bits per heavy atom. The monoisotopic (exact) mass is 494 g/mol. The van der Waals surface area contributed by atoms with Gasteiger partial charge < -0.3 is 4.42 Å². The van der Waals surface area contributed by atoms with Crippen LogP contribution in [-0.4, -0.2) is 22.4 Å². The molecule has 0 aliphatic carbocycles. The van der Waals surface area contributed by atoms with Crippen molar-refractivity contribution in [2.75, 3.05) is 6.61 Å². The summed E-state index contributed by atoms with van der Waals surface area (Å²) in [5, 5.41) is 3.26. The maximum atomic E-state index is 13.1. The summed E-state index contributed by atoms with van der Waals surface area (Å²) in [5.74, 6) is 0.571. The van der Waals surface area contributed by atoms with Crippen molar-refractivity contribution in [3.8, 4) is 0 Å². The smallest absolute Gasteiger partial charge is 0.197 e. The van der Waals surface area contributed by atoms with Gasteiger partial charge in [-0.05, 0) is 47.5 Å². The number of oxazole rings is 1. The van der Waals surface area contributed by atoms with Crippen LogP contribution in [0.3, 0.4) is 0 Å². The molecule has 5 rings (SSSR count). The van der Waals surface area contributed by atoms with Crippen LogP contribution in [-0.2, 0) is 16.1 Å². The molecular formula is C27H24Cl2N2O3. The molecule has 0 radical (unpaired) electrons. The summed E-state index contributed by atoms with van der Waals surface area (Å²) < 4.78 is 5.85. The van der Waals surface area contributed by atoms with Crippen LogP contribution in [0.15, 0.2) is 77.2 Å². The average Bonchev–Trinajstić information content (AvgIpc) is 3.25. The topological polar surface area (TPSA) is 55.6 Å². The van der Waals surface area contributed by atoms with Crippen LogP contribution in [0, 0.1) is 5.92 Å². The fourth-order valence-corrected chi connectivity index (χ4v) is 4.79. The molecule has 0 amide bonds. The molecule has 7 heteroatoms. The number of nitrogens with zero attached hydrogens (tertiary/aromatic N) is 2. The van der Waals surface area contributed by atoms with Gasteiger partial charge in [0.2, 0.25) is 0 Å². The van der Waals surface area contributed by atoms with Crippen molar-refractivity contribution in [3.05, 3.63) is 99.9 Å². The normalized spacial score (nSPS) is 21.3. The number of fused-ring (bicyclic) bond motifs is 1. The number of carbonyl (C=O) groups is 1. The molecule has 1 fully saturated rings. The van der Waals surface area contributed by atoms with E-state index in [1.165, 1.54) is 0 Å². The van der Waals surface area contributed by atoms with Crippen molar-refractivity contribution < 1.29 is 14.0 Å². The molecule has 5 nitrogen and oxygen atoms in total. The van der Waals surface area contributed by atoms with Crippen molar-refractivity contribution in [2.45, 2.75) is 31.8 Å². The molecule has 0 saturated carbocycles. The zero-order valence-electron chi connectivity index (χ0n) is 18.7. The fraction of sp³-hybridized carbons (Fsp3) is 0.259. The number of halogens is 2. The number of carbonyl (C=O) groups excluding carboxylic acids is 1. The Hall–Kier alpha value is -2.70. The Kier molecular flexibility index (Phi) is 6.70. The highest BCUT2D eigenvalue weighted by Crippen LogP contribution is 2.43. The number of benzene rings is 3. The standard InChI is InChI=1S/C27H24Cl2N2O3/c1-17-24(32)16-23(18-6-10-20(28)11-7-18)31(27(17)19-8-12-21(29)13-9-19)33-15-14-26-30-22-4-2-3-5-25(22)34-26/h2-13,17,23,27H,14-16H2,1H3. The van der Waals surface area contributed by atoms with Crippen LogP contribution in [0.1, 0.15) is 42.4 Å². The van der Waals surface area contributed by atoms with E-state index in [0.29, 0.717) is 35.4 Å². The van der Waals surface area contributed by atoms with Crippen LogP contribution in [0.25, 0.3) is 11.1 Å². The van der Waals surface area contributed by atoms with Crippen LogP contribution in [0.5, 0.6) is 0 Å². The van der Waals surface area contributed by atoms with E-state index < -0.39 is 0 Å². The number of para-hydroxylation sites is 2. The van der Waals surface area contributed by atoms with Gasteiger partial charge in [0.1, 0.15) is 11.3 Å². The zero-order chi connectivity index (χ0) is 23.7. The third kappa shape index (κ3) is 4.75. The molecule has 1 aromatic heterocycles. The maximum absolute atomic E-state index is 13.1. The number of Topliss-reactive ketones (excluding diaryl/α,β-unsaturated/α-hetero) is 1. The van der Waals surface area contributed by atoms with Gasteiger partial charge in [-0.25, -0.2) is 4.98 Å². The predicted molar refractivity (Wildman–Crippen MR) is 133 cm³/mol. The quantitative estimate of drug-likeness (QED) is 0.288. The van der Waals surface area contributed by atoms with Gasteiger partial charge in [0.15, 0.2) is 11.5 Å². The average molecular weight is 495 g/mol. The first-order valence-electron chi connectivity index (χ1n) is 11.3. The van der Waals surface area contributed by atoms with Crippen LogP contribution in [0.2, 0.25) is 10.0 Å². The molecule has 4 aromatic rings. The summed E-state index contributed by atoms with van der Waals surface area (Å²) in [6.45, 7) is 2.32. The summed E-state index contributed by atoms with van der Waals surface area (Å²) in [7, 11) is 0. The fourth-order valence-electron chi connectivity index (χ4n) is 4.54. The van der Waals surface area contributed by atoms with E-state index in [0.717, 1.165) is 22.2 Å². The molecule has 0 N–H and O–H groups in total. The minimum atomic E-state index is -0.261. The Morgan fingerprint density at radius 3 is 2.29 bits per heavy atom. The van der Waals surface area contributed by atoms with Gasteiger partial charge in [0.05, 0.1) is 18.7 Å². The minimum Gasteiger partial charge on any atom is -0.441 e. The maximum Gasteiger partial charge on any atom is 0.197 e. The van der Waals surface area contributed by atoms with Crippen molar-refractivity contribution in [1.29, 1.82) is 0 Å². The number of piperidine rings is 1. The van der Waals surface area contributed by atoms with Gasteiger partial charge in [0, 0.05) is 28.8 Å². The predicted octanol–water partition coefficient (Wildman–Crippen LogP) is 7.00. The van der Waals surface area contributed by atoms with Crippen LogP contribution in [0.4, 0.5) is 0 Å². The van der Waals surface area contributed by atoms with Gasteiger partial charge in [-0.1, -0.05) is 66.5 Å². The molecular weight excluding hydrogens is 471 g/mol. The second-order valence-corrected chi connectivity index (χ2v) is 9.41. The second-order valence-electron chi connectivity index (χ2n) is 8.54. The van der Waals surface area contributed by atoms with Gasteiger partial charge in [-0.2, -0.15) is 5.06 Å². The van der Waals surface area contributed by atoms with E-state index in [-0.39, 0.29) is 23.8 Å². The SMILES string of the molecule is CC1C(=O)CC(c2ccc(Cl)cc2)N(OCCc2nc3ccccc3o2)C1c1ccc(Cl)cc1. The Labute approximate surface area is 208 Å². The molecule has 1 aliphatic heterocycles. The van der Waals surface area contributed by atoms with Crippen molar-refractivity contribution in [2.24, 2.45) is 5.92 Å². The minimum absolute atomic E-state index is 0.193. The number of hydrogen-bond acceptors (Lipinski definition) is 5. The van der Waals surface area contributed by atoms with Crippen LogP contribution < -0.4 is 0 Å². The van der Waals surface area contributed by atoms with Crippen molar-refractivity contribution in [3.63, 3.8) is 0 Å². The molecule has 1 saturated heterocycles. The van der Waals surface area contributed by atoms with Gasteiger partial charge >= 0.3 is 0 Å². The lowest BCUT2D eigenvalue weighted by molar-refractivity contribution is -0.237. The van der Waals surface area contributed by atoms with Gasteiger partial charge in [-0.3, -0.25) is 9.63 Å². The molecule has 3 atom stereocenters. The van der Waals surface area contributed by atoms with E-state index in [1.54, 1.807) is 0 Å². The Balaban J connectivity index is 1.44. The molecule has 0 spiro atoms. The lowest BCUT2D eigenvalue weighted by Crippen LogP contribution is -2.45.